The first kappa shape index (κ1) is 20.1. The van der Waals surface area contributed by atoms with Gasteiger partial charge in [0, 0.05) is 25.4 Å². The summed E-state index contributed by atoms with van der Waals surface area (Å²) in [5.74, 6) is -0.207. The number of amides is 1. The van der Waals surface area contributed by atoms with Gasteiger partial charge in [-0.05, 0) is 25.0 Å². The highest BCUT2D eigenvalue weighted by Crippen LogP contribution is 2.28. The molecule has 1 saturated carbocycles. The van der Waals surface area contributed by atoms with Gasteiger partial charge in [-0.25, -0.2) is 8.42 Å². The summed E-state index contributed by atoms with van der Waals surface area (Å²) in [4.78, 5) is 22.6. The average Bonchev–Trinajstić information content (AvgIpc) is 2.58. The minimum absolute atomic E-state index is 0.120. The normalized spacial score (nSPS) is 16.7. The fraction of sp³-hybridized carbons (Fsp3) is 0.562. The number of nitrogens with zero attached hydrogens (tertiary/aromatic N) is 1. The van der Waals surface area contributed by atoms with E-state index in [1.54, 1.807) is 0 Å². The molecule has 1 fully saturated rings. The van der Waals surface area contributed by atoms with E-state index in [0.29, 0.717) is 12.8 Å². The minimum atomic E-state index is -3.53. The van der Waals surface area contributed by atoms with Gasteiger partial charge in [0.25, 0.3) is 5.69 Å². The number of nitrogens with one attached hydrogen (secondary N) is 2. The SMILES string of the molecule is CS(=O)(=O)c1ccc(NCCNC(=O)C2(N)CCCCC2)c([N+](=O)[O-])c1. The van der Waals surface area contributed by atoms with Crippen molar-refractivity contribution in [1.29, 1.82) is 0 Å². The first-order valence-corrected chi connectivity index (χ1v) is 10.3. The van der Waals surface area contributed by atoms with E-state index in [2.05, 4.69) is 10.6 Å². The van der Waals surface area contributed by atoms with Crippen LogP contribution in [0.25, 0.3) is 0 Å². The number of sulfone groups is 1. The van der Waals surface area contributed by atoms with Crippen LogP contribution in [0.1, 0.15) is 32.1 Å². The van der Waals surface area contributed by atoms with Crippen molar-refractivity contribution in [2.45, 2.75) is 42.5 Å². The lowest BCUT2D eigenvalue weighted by Gasteiger charge is -2.31. The van der Waals surface area contributed by atoms with Gasteiger partial charge in [0.2, 0.25) is 5.91 Å². The predicted molar refractivity (Wildman–Crippen MR) is 97.7 cm³/mol. The van der Waals surface area contributed by atoms with Gasteiger partial charge in [-0.15, -0.1) is 0 Å². The van der Waals surface area contributed by atoms with E-state index >= 15 is 0 Å². The van der Waals surface area contributed by atoms with Crippen LogP contribution in [0.2, 0.25) is 0 Å². The monoisotopic (exact) mass is 384 g/mol. The summed E-state index contributed by atoms with van der Waals surface area (Å²) < 4.78 is 23.1. The van der Waals surface area contributed by atoms with E-state index < -0.39 is 20.3 Å². The van der Waals surface area contributed by atoms with Crippen LogP contribution in [0, 0.1) is 10.1 Å². The molecule has 1 aliphatic rings. The number of carbonyl (C=O) groups is 1. The Morgan fingerprint density at radius 2 is 1.92 bits per heavy atom. The molecule has 9 nitrogen and oxygen atoms in total. The van der Waals surface area contributed by atoms with Crippen molar-refractivity contribution in [3.63, 3.8) is 0 Å². The van der Waals surface area contributed by atoms with Crippen molar-refractivity contribution in [3.8, 4) is 0 Å². The molecule has 4 N–H and O–H groups in total. The van der Waals surface area contributed by atoms with Crippen LogP contribution >= 0.6 is 0 Å². The molecule has 1 amide bonds. The number of nitrogens with two attached hydrogens (primary N) is 1. The molecule has 0 aliphatic heterocycles. The number of hydrogen-bond acceptors (Lipinski definition) is 7. The number of anilines is 1. The second kappa shape index (κ2) is 8.00. The van der Waals surface area contributed by atoms with Gasteiger partial charge in [-0.1, -0.05) is 19.3 Å². The van der Waals surface area contributed by atoms with Gasteiger partial charge in [-0.2, -0.15) is 0 Å². The number of carbonyl (C=O) groups excluding carboxylic acids is 1. The summed E-state index contributed by atoms with van der Waals surface area (Å²) in [6.07, 6.45) is 5.25. The highest BCUT2D eigenvalue weighted by atomic mass is 32.2. The molecule has 10 heteroatoms. The van der Waals surface area contributed by atoms with Crippen molar-refractivity contribution in [2.24, 2.45) is 5.73 Å². The molecule has 0 radical (unpaired) electrons. The number of hydrogen-bond donors (Lipinski definition) is 3. The first-order valence-electron chi connectivity index (χ1n) is 8.43. The molecule has 144 valence electrons. The Hall–Kier alpha value is -2.20. The quantitative estimate of drug-likeness (QED) is 0.364. The molecule has 1 aromatic rings. The van der Waals surface area contributed by atoms with Crippen molar-refractivity contribution in [3.05, 3.63) is 28.3 Å². The lowest BCUT2D eigenvalue weighted by Crippen LogP contribution is -2.55. The van der Waals surface area contributed by atoms with Crippen molar-refractivity contribution >= 4 is 27.1 Å². The van der Waals surface area contributed by atoms with Gasteiger partial charge in [0.15, 0.2) is 9.84 Å². The molecule has 0 aromatic heterocycles. The molecule has 0 heterocycles. The summed E-state index contributed by atoms with van der Waals surface area (Å²) in [5, 5.41) is 16.8. The number of nitro benzene ring substituents is 1. The van der Waals surface area contributed by atoms with Gasteiger partial charge < -0.3 is 16.4 Å². The third kappa shape index (κ3) is 4.92. The zero-order valence-corrected chi connectivity index (χ0v) is 15.5. The predicted octanol–water partition coefficient (Wildman–Crippen LogP) is 1.19. The van der Waals surface area contributed by atoms with Gasteiger partial charge in [0.05, 0.1) is 15.4 Å². The highest BCUT2D eigenvalue weighted by Gasteiger charge is 2.34. The fourth-order valence-electron chi connectivity index (χ4n) is 3.00. The summed E-state index contributed by atoms with van der Waals surface area (Å²) >= 11 is 0. The number of rotatable bonds is 7. The molecule has 2 rings (SSSR count). The second-order valence-electron chi connectivity index (χ2n) is 6.61. The Morgan fingerprint density at radius 3 is 2.50 bits per heavy atom. The van der Waals surface area contributed by atoms with Crippen LogP contribution in [0.15, 0.2) is 23.1 Å². The Morgan fingerprint density at radius 1 is 1.27 bits per heavy atom. The number of nitro groups is 1. The molecule has 0 unspecified atom stereocenters. The van der Waals surface area contributed by atoms with E-state index in [1.165, 1.54) is 12.1 Å². The molecule has 0 bridgehead atoms. The minimum Gasteiger partial charge on any atom is -0.378 e. The molecular weight excluding hydrogens is 360 g/mol. The zero-order chi connectivity index (χ0) is 19.4. The Kier molecular flexibility index (Phi) is 6.19. The van der Waals surface area contributed by atoms with E-state index in [-0.39, 0.29) is 35.3 Å². The summed E-state index contributed by atoms with van der Waals surface area (Å²) in [5.41, 5.74) is 5.17. The zero-order valence-electron chi connectivity index (χ0n) is 14.7. The lowest BCUT2D eigenvalue weighted by molar-refractivity contribution is -0.384. The van der Waals surface area contributed by atoms with E-state index in [4.69, 9.17) is 5.73 Å². The largest absolute Gasteiger partial charge is 0.378 e. The maximum Gasteiger partial charge on any atom is 0.293 e. The Bertz CT molecular complexity index is 788. The summed E-state index contributed by atoms with van der Waals surface area (Å²) in [7, 11) is -3.53. The van der Waals surface area contributed by atoms with Gasteiger partial charge in [0.1, 0.15) is 5.69 Å². The smallest absolute Gasteiger partial charge is 0.293 e. The van der Waals surface area contributed by atoms with Crippen LogP contribution in [0.5, 0.6) is 0 Å². The second-order valence-corrected chi connectivity index (χ2v) is 8.62. The third-order valence-corrected chi connectivity index (χ3v) is 5.63. The first-order chi connectivity index (χ1) is 12.1. The van der Waals surface area contributed by atoms with Gasteiger partial charge >= 0.3 is 0 Å². The molecular formula is C16H24N4O5S. The molecule has 0 saturated heterocycles. The molecule has 26 heavy (non-hydrogen) atoms. The van der Waals surface area contributed by atoms with Crippen LogP contribution in [-0.4, -0.2) is 44.1 Å². The van der Waals surface area contributed by atoms with Crippen LogP contribution < -0.4 is 16.4 Å². The van der Waals surface area contributed by atoms with Crippen molar-refractivity contribution in [1.82, 2.24) is 5.32 Å². The highest BCUT2D eigenvalue weighted by molar-refractivity contribution is 7.90. The molecule has 0 spiro atoms. The van der Waals surface area contributed by atoms with E-state index in [0.717, 1.165) is 31.6 Å². The van der Waals surface area contributed by atoms with Crippen molar-refractivity contribution < 1.29 is 18.1 Å². The standard InChI is InChI=1S/C16H24N4O5S/c1-26(24,25)12-5-6-13(14(11-12)20(22)23)18-9-10-19-15(21)16(17)7-3-2-4-8-16/h5-6,11,18H,2-4,7-10,17H2,1H3,(H,19,21). The van der Waals surface area contributed by atoms with Crippen LogP contribution in [0.4, 0.5) is 11.4 Å². The molecule has 0 atom stereocenters. The maximum absolute atomic E-state index is 12.2. The Labute approximate surface area is 152 Å². The maximum atomic E-state index is 12.2. The average molecular weight is 384 g/mol. The Balaban J connectivity index is 1.95. The molecule has 1 aromatic carbocycles. The molecule has 1 aliphatic carbocycles. The topological polar surface area (TPSA) is 144 Å². The van der Waals surface area contributed by atoms with Crippen molar-refractivity contribution in [2.75, 3.05) is 24.7 Å². The third-order valence-electron chi connectivity index (χ3n) is 4.52. The van der Waals surface area contributed by atoms with E-state index in [1.807, 2.05) is 0 Å². The van der Waals surface area contributed by atoms with Gasteiger partial charge in [-0.3, -0.25) is 14.9 Å². The van der Waals surface area contributed by atoms with E-state index in [9.17, 15) is 23.3 Å². The van der Waals surface area contributed by atoms with Crippen LogP contribution in [-0.2, 0) is 14.6 Å². The summed E-state index contributed by atoms with van der Waals surface area (Å²) in [6, 6.07) is 3.68. The number of benzene rings is 1. The lowest BCUT2D eigenvalue weighted by atomic mass is 9.82. The summed E-state index contributed by atoms with van der Waals surface area (Å²) in [6.45, 7) is 0.504. The fourth-order valence-corrected chi connectivity index (χ4v) is 3.64. The van der Waals surface area contributed by atoms with Crippen LogP contribution in [0.3, 0.4) is 0 Å².